The summed E-state index contributed by atoms with van der Waals surface area (Å²) in [6, 6.07) is -1.32. The molecule has 0 aliphatic carbocycles. The van der Waals surface area contributed by atoms with Crippen molar-refractivity contribution in [2.24, 2.45) is 5.73 Å². The molecule has 6 N–H and O–H groups in total. The van der Waals surface area contributed by atoms with E-state index in [9.17, 15) is 33.6 Å². The van der Waals surface area contributed by atoms with Gasteiger partial charge >= 0.3 is 5.97 Å². The van der Waals surface area contributed by atoms with Gasteiger partial charge in [0, 0.05) is 6.92 Å². The Bertz CT molecular complexity index is 739. The number of nitrogens with one attached hydrogen (secondary N) is 4. The minimum Gasteiger partial charge on any atom is -0.437 e. The van der Waals surface area contributed by atoms with Gasteiger partial charge in [-0.25, -0.2) is 0 Å². The van der Waals surface area contributed by atoms with Crippen molar-refractivity contribution in [2.75, 3.05) is 26.3 Å². The third-order valence-electron chi connectivity index (χ3n) is 3.65. The summed E-state index contributed by atoms with van der Waals surface area (Å²) in [4.78, 5) is 83.5. The van der Waals surface area contributed by atoms with Gasteiger partial charge in [0.2, 0.25) is 29.9 Å². The van der Waals surface area contributed by atoms with Crippen LogP contribution < -0.4 is 27.0 Å². The van der Waals surface area contributed by atoms with E-state index in [1.54, 1.807) is 0 Å². The predicted octanol–water partition coefficient (Wildman–Crippen LogP) is -4.55. The van der Waals surface area contributed by atoms with Gasteiger partial charge in [-0.15, -0.1) is 0 Å². The van der Waals surface area contributed by atoms with E-state index in [0.29, 0.717) is 0 Å². The summed E-state index contributed by atoms with van der Waals surface area (Å²) in [6.45, 7) is 0.399. The smallest absolute Gasteiger partial charge is 0.304 e. The lowest BCUT2D eigenvalue weighted by Gasteiger charge is -2.26. The first kappa shape index (κ1) is 24.5. The molecule has 1 heterocycles. The van der Waals surface area contributed by atoms with Gasteiger partial charge in [-0.2, -0.15) is 0 Å². The second-order valence-corrected chi connectivity index (χ2v) is 6.35. The maximum absolute atomic E-state index is 12.3. The highest BCUT2D eigenvalue weighted by Gasteiger charge is 2.29. The molecule has 0 saturated carbocycles. The van der Waals surface area contributed by atoms with Gasteiger partial charge in [0.1, 0.15) is 18.4 Å². The van der Waals surface area contributed by atoms with Crippen molar-refractivity contribution in [2.45, 2.75) is 32.5 Å². The van der Waals surface area contributed by atoms with Crippen molar-refractivity contribution in [1.82, 2.24) is 26.2 Å². The molecule has 0 aromatic carbocycles. The van der Waals surface area contributed by atoms with Crippen LogP contribution in [0.3, 0.4) is 0 Å². The van der Waals surface area contributed by atoms with Crippen LogP contribution in [-0.4, -0.2) is 84.8 Å². The summed E-state index contributed by atoms with van der Waals surface area (Å²) in [5.41, 5.74) is 5.46. The molecule has 5 amide bonds. The monoisotopic (exact) mass is 428 g/mol. The first-order valence-electron chi connectivity index (χ1n) is 8.81. The second kappa shape index (κ2) is 11.5. The number of esters is 1. The SMILES string of the molecule is CC(=O)CNC(=O)C1CC(=O)NCN(C(=O)C(N)OC(C)=O)CC(=O)NCC(=O)N1. The highest BCUT2D eigenvalue weighted by atomic mass is 16.6. The lowest BCUT2D eigenvalue weighted by molar-refractivity contribution is -0.159. The zero-order chi connectivity index (χ0) is 22.8. The molecule has 1 aliphatic rings. The van der Waals surface area contributed by atoms with Gasteiger partial charge in [-0.05, 0) is 6.92 Å². The summed E-state index contributed by atoms with van der Waals surface area (Å²) in [5, 5.41) is 9.12. The van der Waals surface area contributed by atoms with Crippen molar-refractivity contribution < 1.29 is 38.3 Å². The van der Waals surface area contributed by atoms with Gasteiger partial charge in [0.05, 0.1) is 26.2 Å². The average Bonchev–Trinajstić information content (AvgIpc) is 2.65. The van der Waals surface area contributed by atoms with Crippen LogP contribution in [0.4, 0.5) is 0 Å². The van der Waals surface area contributed by atoms with Crippen molar-refractivity contribution in [3.05, 3.63) is 0 Å². The minimum atomic E-state index is -1.70. The van der Waals surface area contributed by atoms with Crippen molar-refractivity contribution in [3.63, 3.8) is 0 Å². The Morgan fingerprint density at radius 1 is 1.13 bits per heavy atom. The second-order valence-electron chi connectivity index (χ2n) is 6.35. The molecule has 0 spiro atoms. The summed E-state index contributed by atoms with van der Waals surface area (Å²) in [5.74, 6) is -5.17. The molecule has 14 heteroatoms. The van der Waals surface area contributed by atoms with Crippen LogP contribution in [0.1, 0.15) is 20.3 Å². The fraction of sp³-hybridized carbons (Fsp3) is 0.562. The summed E-state index contributed by atoms with van der Waals surface area (Å²) in [7, 11) is 0. The molecule has 14 nitrogen and oxygen atoms in total. The highest BCUT2D eigenvalue weighted by molar-refractivity contribution is 5.95. The topological polar surface area (TPSA) is 206 Å². The van der Waals surface area contributed by atoms with Crippen LogP contribution in [-0.2, 0) is 38.3 Å². The summed E-state index contributed by atoms with van der Waals surface area (Å²) >= 11 is 0. The van der Waals surface area contributed by atoms with Crippen LogP contribution in [0.25, 0.3) is 0 Å². The van der Waals surface area contributed by atoms with Crippen LogP contribution in [0.5, 0.6) is 0 Å². The molecule has 1 rings (SSSR count). The fourth-order valence-corrected chi connectivity index (χ4v) is 2.26. The molecule has 1 saturated heterocycles. The Morgan fingerprint density at radius 3 is 2.40 bits per heavy atom. The highest BCUT2D eigenvalue weighted by Crippen LogP contribution is 1.99. The van der Waals surface area contributed by atoms with Crippen molar-refractivity contribution in [3.8, 4) is 0 Å². The summed E-state index contributed by atoms with van der Waals surface area (Å²) in [6.07, 6.45) is -2.20. The molecular weight excluding hydrogens is 404 g/mol. The minimum absolute atomic E-state index is 0.292. The number of carbonyl (C=O) groups excluding carboxylic acids is 7. The molecule has 2 unspecified atom stereocenters. The average molecular weight is 428 g/mol. The molecule has 0 aromatic rings. The van der Waals surface area contributed by atoms with Gasteiger partial charge < -0.3 is 30.9 Å². The maximum atomic E-state index is 12.3. The number of nitrogens with zero attached hydrogens (tertiary/aromatic N) is 1. The molecule has 166 valence electrons. The molecular formula is C16H24N6O8. The number of Topliss-reactive ketones (excluding diaryl/α,β-unsaturated/α-hetero) is 1. The predicted molar refractivity (Wildman–Crippen MR) is 97.7 cm³/mol. The van der Waals surface area contributed by atoms with Crippen LogP contribution in [0.2, 0.25) is 0 Å². The van der Waals surface area contributed by atoms with E-state index in [1.807, 2.05) is 0 Å². The molecule has 1 fully saturated rings. The normalized spacial score (nSPS) is 19.1. The van der Waals surface area contributed by atoms with Gasteiger partial charge in [-0.3, -0.25) is 39.3 Å². The lowest BCUT2D eigenvalue weighted by atomic mass is 10.1. The van der Waals surface area contributed by atoms with E-state index in [1.165, 1.54) is 6.92 Å². The number of nitrogens with two attached hydrogens (primary N) is 1. The largest absolute Gasteiger partial charge is 0.437 e. The standard InChI is InChI=1S/C16H24N6O8/c1-8(23)4-19-15(28)10-3-11(25)20-7-22(16(29)14(17)30-9(2)24)6-13(27)18-5-12(26)21-10/h10,14H,3-7,17H2,1-2H3,(H,18,27)(H,19,28)(H,20,25)(H,21,26). The Labute approximate surface area is 171 Å². The van der Waals surface area contributed by atoms with Crippen LogP contribution >= 0.6 is 0 Å². The van der Waals surface area contributed by atoms with Crippen LogP contribution in [0.15, 0.2) is 0 Å². The fourth-order valence-electron chi connectivity index (χ4n) is 2.26. The summed E-state index contributed by atoms with van der Waals surface area (Å²) < 4.78 is 4.57. The molecule has 2 atom stereocenters. The third-order valence-corrected chi connectivity index (χ3v) is 3.65. The Balaban J connectivity index is 2.93. The van der Waals surface area contributed by atoms with E-state index in [-0.39, 0.29) is 12.3 Å². The number of amides is 5. The number of carbonyl (C=O) groups is 7. The van der Waals surface area contributed by atoms with Gasteiger partial charge in [0.25, 0.3) is 5.91 Å². The Morgan fingerprint density at radius 2 is 1.80 bits per heavy atom. The zero-order valence-electron chi connectivity index (χ0n) is 16.5. The molecule has 0 bridgehead atoms. The number of rotatable bonds is 5. The third kappa shape index (κ3) is 8.64. The Hall–Kier alpha value is -3.55. The molecule has 30 heavy (non-hydrogen) atoms. The van der Waals surface area contributed by atoms with E-state index < -0.39 is 74.0 Å². The first-order valence-corrected chi connectivity index (χ1v) is 8.81. The van der Waals surface area contributed by atoms with Gasteiger partial charge in [0.15, 0.2) is 0 Å². The van der Waals surface area contributed by atoms with Gasteiger partial charge in [-0.1, -0.05) is 0 Å². The van der Waals surface area contributed by atoms with E-state index >= 15 is 0 Å². The quantitative estimate of drug-likeness (QED) is 0.211. The van der Waals surface area contributed by atoms with E-state index in [2.05, 4.69) is 26.0 Å². The maximum Gasteiger partial charge on any atom is 0.304 e. The number of ether oxygens (including phenoxy) is 1. The molecule has 0 aromatic heterocycles. The number of ketones is 1. The number of hydrogen-bond acceptors (Lipinski definition) is 9. The van der Waals surface area contributed by atoms with Crippen molar-refractivity contribution >= 4 is 41.3 Å². The first-order chi connectivity index (χ1) is 14.0. The van der Waals surface area contributed by atoms with Crippen LogP contribution in [0, 0.1) is 0 Å². The van der Waals surface area contributed by atoms with E-state index in [0.717, 1.165) is 11.8 Å². The lowest BCUT2D eigenvalue weighted by Crippen LogP contribution is -2.56. The Kier molecular flexibility index (Phi) is 9.35. The van der Waals surface area contributed by atoms with Crippen molar-refractivity contribution in [1.29, 1.82) is 0 Å². The molecule has 1 aliphatic heterocycles. The van der Waals surface area contributed by atoms with E-state index in [4.69, 9.17) is 5.73 Å². The number of hydrogen-bond donors (Lipinski definition) is 5. The zero-order valence-corrected chi connectivity index (χ0v) is 16.5. The molecule has 0 radical (unpaired) electrons.